The molecule has 39 heavy (non-hydrogen) atoms. The van der Waals surface area contributed by atoms with Crippen LogP contribution in [0.1, 0.15) is 21.5 Å². The molecule has 3 aromatic rings. The van der Waals surface area contributed by atoms with E-state index in [1.807, 2.05) is 30.3 Å². The first-order valence-corrected chi connectivity index (χ1v) is 12.6. The van der Waals surface area contributed by atoms with Gasteiger partial charge in [0.25, 0.3) is 11.6 Å². The Morgan fingerprint density at radius 3 is 2.38 bits per heavy atom. The number of aromatic hydroxyl groups is 1. The van der Waals surface area contributed by atoms with E-state index in [9.17, 15) is 24.8 Å². The number of hydrogen-bond acceptors (Lipinski definition) is 7. The van der Waals surface area contributed by atoms with Gasteiger partial charge in [-0.2, -0.15) is 0 Å². The number of carbonyl (C=O) groups excluding carboxylic acids is 2. The van der Waals surface area contributed by atoms with Gasteiger partial charge < -0.3 is 24.5 Å². The van der Waals surface area contributed by atoms with Crippen LogP contribution in [0.4, 0.5) is 11.4 Å². The maximum Gasteiger partial charge on any atom is 0.293 e. The topological polar surface area (TPSA) is 116 Å². The zero-order valence-corrected chi connectivity index (χ0v) is 21.2. The Hall–Kier alpha value is -4.70. The summed E-state index contributed by atoms with van der Waals surface area (Å²) in [5, 5.41) is 21.9. The fourth-order valence-corrected chi connectivity index (χ4v) is 4.81. The number of amides is 2. The number of phenolic OH excluding ortho intramolecular Hbond substituents is 1. The van der Waals surface area contributed by atoms with Crippen LogP contribution in [-0.4, -0.2) is 64.0 Å². The highest BCUT2D eigenvalue weighted by Crippen LogP contribution is 2.34. The van der Waals surface area contributed by atoms with Crippen molar-refractivity contribution in [1.82, 2.24) is 9.80 Å². The van der Waals surface area contributed by atoms with Crippen LogP contribution >= 0.6 is 0 Å². The minimum absolute atomic E-state index is 0.104. The number of ether oxygens (including phenoxy) is 1. The molecule has 0 unspecified atom stereocenters. The molecular weight excluding hydrogens is 500 g/mol. The maximum absolute atomic E-state index is 13.8. The van der Waals surface area contributed by atoms with Gasteiger partial charge in [0.1, 0.15) is 17.5 Å². The minimum Gasteiger partial charge on any atom is -0.508 e. The van der Waals surface area contributed by atoms with Crippen molar-refractivity contribution in [3.63, 3.8) is 0 Å². The molecule has 2 aliphatic heterocycles. The molecule has 3 aromatic carbocycles. The van der Waals surface area contributed by atoms with E-state index < -0.39 is 11.0 Å². The molecule has 5 rings (SSSR count). The first-order chi connectivity index (χ1) is 18.9. The molecule has 10 heteroatoms. The summed E-state index contributed by atoms with van der Waals surface area (Å²) >= 11 is 0. The number of nitrogens with zero attached hydrogens (tertiary/aromatic N) is 4. The van der Waals surface area contributed by atoms with Crippen molar-refractivity contribution in [2.75, 3.05) is 31.2 Å². The second kappa shape index (κ2) is 11.4. The molecule has 10 nitrogen and oxygen atoms in total. The van der Waals surface area contributed by atoms with Crippen molar-refractivity contribution >= 4 is 23.2 Å². The highest BCUT2D eigenvalue weighted by Gasteiger charge is 2.36. The summed E-state index contributed by atoms with van der Waals surface area (Å²) in [7, 11) is 0. The van der Waals surface area contributed by atoms with Crippen LogP contribution in [0.15, 0.2) is 85.2 Å². The lowest BCUT2D eigenvalue weighted by Crippen LogP contribution is -2.50. The third-order valence-electron chi connectivity index (χ3n) is 6.87. The average molecular weight is 529 g/mol. The van der Waals surface area contributed by atoms with Crippen molar-refractivity contribution < 1.29 is 24.4 Å². The maximum atomic E-state index is 13.8. The predicted molar refractivity (Wildman–Crippen MR) is 144 cm³/mol. The lowest BCUT2D eigenvalue weighted by molar-refractivity contribution is -0.384. The van der Waals surface area contributed by atoms with Crippen molar-refractivity contribution in [2.24, 2.45) is 0 Å². The third kappa shape index (κ3) is 5.75. The normalized spacial score (nSPS) is 17.4. The minimum atomic E-state index is -0.789. The number of carbonyl (C=O) groups is 2. The zero-order chi connectivity index (χ0) is 27.4. The molecule has 0 radical (unpaired) electrons. The summed E-state index contributed by atoms with van der Waals surface area (Å²) in [5.41, 5.74) is 1.89. The Bertz CT molecular complexity index is 1390. The van der Waals surface area contributed by atoms with Crippen molar-refractivity contribution in [1.29, 1.82) is 0 Å². The van der Waals surface area contributed by atoms with Crippen LogP contribution in [0.5, 0.6) is 5.75 Å². The van der Waals surface area contributed by atoms with Crippen molar-refractivity contribution in [2.45, 2.75) is 19.0 Å². The van der Waals surface area contributed by atoms with E-state index in [0.717, 1.165) is 11.1 Å². The first-order valence-electron chi connectivity index (χ1n) is 12.6. The van der Waals surface area contributed by atoms with Gasteiger partial charge in [-0.15, -0.1) is 0 Å². The Labute approximate surface area is 225 Å². The fourth-order valence-electron chi connectivity index (χ4n) is 4.81. The SMILES string of the molecule is O=C1[C@H](Cc2ccc(O)cc2)N(c2ccc(C(=O)N3CCOCC3)cc2[N+](=O)[O-])C=CN1Cc1ccccc1. The van der Waals surface area contributed by atoms with Crippen molar-refractivity contribution in [3.8, 4) is 5.75 Å². The van der Waals surface area contributed by atoms with E-state index in [4.69, 9.17) is 4.74 Å². The van der Waals surface area contributed by atoms with Crippen LogP contribution in [-0.2, 0) is 22.5 Å². The number of rotatable bonds is 7. The quantitative estimate of drug-likeness (QED) is 0.367. The standard InChI is InChI=1S/C29H28N4O6/c34-24-9-6-21(7-10-24)18-27-29(36)31(20-22-4-2-1-3-5-22)12-13-32(27)25-11-8-23(19-26(25)33(37)38)28(35)30-14-16-39-17-15-30/h1-13,19,27,34H,14-18,20H2/t27-/m0/s1. The summed E-state index contributed by atoms with van der Waals surface area (Å²) < 4.78 is 5.30. The van der Waals surface area contributed by atoms with Crippen LogP contribution in [0.3, 0.4) is 0 Å². The van der Waals surface area contributed by atoms with E-state index in [1.54, 1.807) is 57.4 Å². The largest absolute Gasteiger partial charge is 0.508 e. The number of phenols is 1. The molecule has 1 atom stereocenters. The molecule has 1 saturated heterocycles. The van der Waals surface area contributed by atoms with Crippen LogP contribution in [0.2, 0.25) is 0 Å². The van der Waals surface area contributed by atoms with E-state index in [-0.39, 0.29) is 40.9 Å². The summed E-state index contributed by atoms with van der Waals surface area (Å²) in [4.78, 5) is 43.3. The van der Waals surface area contributed by atoms with Gasteiger partial charge in [0.05, 0.1) is 24.7 Å². The van der Waals surface area contributed by atoms with Crippen LogP contribution in [0.25, 0.3) is 0 Å². The smallest absolute Gasteiger partial charge is 0.293 e. The lowest BCUT2D eigenvalue weighted by atomic mass is 10.00. The number of anilines is 1. The number of nitro groups is 1. The fraction of sp³-hybridized carbons (Fsp3) is 0.241. The molecule has 1 N–H and O–H groups in total. The number of benzene rings is 3. The molecule has 0 aromatic heterocycles. The van der Waals surface area contributed by atoms with Gasteiger partial charge in [0.2, 0.25) is 5.91 Å². The first kappa shape index (κ1) is 25.9. The highest BCUT2D eigenvalue weighted by molar-refractivity contribution is 5.96. The summed E-state index contributed by atoms with van der Waals surface area (Å²) in [5.74, 6) is -0.419. The Kier molecular flexibility index (Phi) is 7.55. The predicted octanol–water partition coefficient (Wildman–Crippen LogP) is 3.70. The van der Waals surface area contributed by atoms with Gasteiger partial charge in [0.15, 0.2) is 0 Å². The van der Waals surface area contributed by atoms with Gasteiger partial charge in [-0.05, 0) is 35.4 Å². The Balaban J connectivity index is 1.50. The molecule has 2 amide bonds. The molecule has 2 aliphatic rings. The average Bonchev–Trinajstić information content (AvgIpc) is 2.96. The van der Waals surface area contributed by atoms with Crippen LogP contribution in [0, 0.1) is 10.1 Å². The van der Waals surface area contributed by atoms with Gasteiger partial charge in [-0.25, -0.2) is 0 Å². The van der Waals surface area contributed by atoms with Gasteiger partial charge >= 0.3 is 0 Å². The van der Waals surface area contributed by atoms with Gasteiger partial charge in [-0.3, -0.25) is 19.7 Å². The summed E-state index contributed by atoms with van der Waals surface area (Å²) in [6.07, 6.45) is 3.54. The second-order valence-electron chi connectivity index (χ2n) is 9.41. The zero-order valence-electron chi connectivity index (χ0n) is 21.2. The monoisotopic (exact) mass is 528 g/mol. The molecule has 0 aliphatic carbocycles. The van der Waals surface area contributed by atoms with Crippen LogP contribution < -0.4 is 4.90 Å². The molecular formula is C29H28N4O6. The molecule has 0 spiro atoms. The highest BCUT2D eigenvalue weighted by atomic mass is 16.6. The van der Waals surface area contributed by atoms with Crippen molar-refractivity contribution in [3.05, 3.63) is 112 Å². The molecule has 200 valence electrons. The lowest BCUT2D eigenvalue weighted by Gasteiger charge is -2.37. The third-order valence-corrected chi connectivity index (χ3v) is 6.87. The van der Waals surface area contributed by atoms with E-state index in [2.05, 4.69) is 0 Å². The summed E-state index contributed by atoms with van der Waals surface area (Å²) in [6.45, 7) is 2.04. The number of nitro benzene ring substituents is 1. The number of hydrogen-bond donors (Lipinski definition) is 1. The van der Waals surface area contributed by atoms with E-state index in [0.29, 0.717) is 32.8 Å². The van der Waals surface area contributed by atoms with E-state index >= 15 is 0 Å². The molecule has 0 bridgehead atoms. The molecule has 0 saturated carbocycles. The molecule has 1 fully saturated rings. The van der Waals surface area contributed by atoms with Gasteiger partial charge in [-0.1, -0.05) is 42.5 Å². The second-order valence-corrected chi connectivity index (χ2v) is 9.41. The summed E-state index contributed by atoms with van der Waals surface area (Å²) in [6, 6.07) is 19.7. The Morgan fingerprint density at radius 2 is 1.69 bits per heavy atom. The molecule has 2 heterocycles. The number of morpholine rings is 1. The van der Waals surface area contributed by atoms with Gasteiger partial charge in [0, 0.05) is 43.5 Å². The Morgan fingerprint density at radius 1 is 0.974 bits per heavy atom. The van der Waals surface area contributed by atoms with E-state index in [1.165, 1.54) is 12.1 Å².